The number of fused-ring (bicyclic) bond motifs is 6. The molecule has 6 rings (SSSR count). The van der Waals surface area contributed by atoms with Gasteiger partial charge in [-0.05, 0) is 135 Å². The van der Waals surface area contributed by atoms with Gasteiger partial charge >= 0.3 is 0 Å². The maximum absolute atomic E-state index is 13.1. The Balaban J connectivity index is 1.10. The van der Waals surface area contributed by atoms with Gasteiger partial charge in [-0.1, -0.05) is 25.4 Å². The summed E-state index contributed by atoms with van der Waals surface area (Å²) in [6.07, 6.45) is 12.0. The van der Waals surface area contributed by atoms with Gasteiger partial charge in [0.1, 0.15) is 0 Å². The van der Waals surface area contributed by atoms with Crippen LogP contribution >= 0.6 is 11.6 Å². The molecule has 1 aromatic rings. The van der Waals surface area contributed by atoms with Crippen molar-refractivity contribution in [1.82, 2.24) is 0 Å². The summed E-state index contributed by atoms with van der Waals surface area (Å²) < 4.78 is 0. The fourth-order valence-electron chi connectivity index (χ4n) is 10.0. The monoisotopic (exact) mass is 513 g/mol. The molecule has 5 heteroatoms. The Morgan fingerprint density at radius 3 is 2.67 bits per heavy atom. The molecule has 4 aliphatic carbocycles. The molecule has 0 saturated heterocycles. The molecule has 4 fully saturated rings. The molecule has 1 heterocycles. The number of rotatable bonds is 4. The molecule has 2 N–H and O–H groups in total. The average molecular weight is 514 g/mol. The zero-order valence-corrected chi connectivity index (χ0v) is 22.8. The van der Waals surface area contributed by atoms with E-state index < -0.39 is 0 Å². The minimum Gasteiger partial charge on any atom is -0.393 e. The molecule has 5 aliphatic rings. The molecular weight excluding hydrogens is 470 g/mol. The maximum atomic E-state index is 13.1. The highest BCUT2D eigenvalue weighted by Gasteiger charge is 2.62. The summed E-state index contributed by atoms with van der Waals surface area (Å²) in [4.78, 5) is 15.1. The van der Waals surface area contributed by atoms with Crippen molar-refractivity contribution < 1.29 is 15.0 Å². The van der Waals surface area contributed by atoms with Gasteiger partial charge in [-0.25, -0.2) is 0 Å². The largest absolute Gasteiger partial charge is 0.393 e. The fourth-order valence-corrected chi connectivity index (χ4v) is 10.2. The number of hydrogen-bond donors (Lipinski definition) is 2. The zero-order valence-electron chi connectivity index (χ0n) is 22.1. The van der Waals surface area contributed by atoms with E-state index >= 15 is 0 Å². The lowest BCUT2D eigenvalue weighted by molar-refractivity contribution is -0.172. The molecule has 0 radical (unpaired) electrons. The van der Waals surface area contributed by atoms with Crippen molar-refractivity contribution >= 4 is 23.2 Å². The molecule has 198 valence electrons. The molecule has 4 saturated carbocycles. The Bertz CT molecular complexity index is 1010. The number of anilines is 1. The van der Waals surface area contributed by atoms with Gasteiger partial charge in [-0.2, -0.15) is 0 Å². The summed E-state index contributed by atoms with van der Waals surface area (Å²) in [5.41, 5.74) is 2.81. The van der Waals surface area contributed by atoms with Crippen molar-refractivity contribution in [2.75, 3.05) is 11.4 Å². The van der Waals surface area contributed by atoms with Crippen LogP contribution in [0.3, 0.4) is 0 Å². The van der Waals surface area contributed by atoms with Gasteiger partial charge in [0.25, 0.3) is 0 Å². The normalized spacial score (nSPS) is 43.5. The van der Waals surface area contributed by atoms with E-state index in [1.54, 1.807) is 0 Å². The van der Waals surface area contributed by atoms with Crippen molar-refractivity contribution in [3.63, 3.8) is 0 Å². The number of halogens is 1. The van der Waals surface area contributed by atoms with Crippen LogP contribution in [0.4, 0.5) is 5.69 Å². The molecule has 0 bridgehead atoms. The van der Waals surface area contributed by atoms with E-state index in [-0.39, 0.29) is 23.5 Å². The number of carbonyl (C=O) groups excluding carboxylic acids is 1. The van der Waals surface area contributed by atoms with E-state index in [4.69, 9.17) is 11.6 Å². The standard InChI is InChI=1S/C31H44ClNO3/c1-30-14-11-25-29(27(35)18-21-17-23(34)10-13-31(21,25)2)24(30)8-6-20(30)4-3-5-28(36)33-15-12-19-16-22(32)7-9-26(19)33/h7,9,16,20-21,23-25,27,29,34-35H,3-6,8,10-15,17-18H2,1-2H3/t20?,21?,23-,24?,25?,27?,29?,30?,31?/m1/s1. The van der Waals surface area contributed by atoms with Crippen LogP contribution in [0.1, 0.15) is 90.0 Å². The van der Waals surface area contributed by atoms with Crippen molar-refractivity contribution in [2.24, 2.45) is 40.4 Å². The van der Waals surface area contributed by atoms with Gasteiger partial charge < -0.3 is 15.1 Å². The second-order valence-corrected chi connectivity index (χ2v) is 13.9. The Kier molecular flexibility index (Phi) is 6.49. The summed E-state index contributed by atoms with van der Waals surface area (Å²) in [7, 11) is 0. The highest BCUT2D eigenvalue weighted by molar-refractivity contribution is 6.30. The minimum absolute atomic E-state index is 0.175. The maximum Gasteiger partial charge on any atom is 0.226 e. The van der Waals surface area contributed by atoms with Crippen LogP contribution in [-0.4, -0.2) is 34.9 Å². The van der Waals surface area contributed by atoms with Crippen molar-refractivity contribution in [3.05, 3.63) is 28.8 Å². The quantitative estimate of drug-likeness (QED) is 0.490. The van der Waals surface area contributed by atoms with Gasteiger partial charge in [0, 0.05) is 23.7 Å². The summed E-state index contributed by atoms with van der Waals surface area (Å²) in [6.45, 7) is 5.77. The van der Waals surface area contributed by atoms with E-state index in [1.165, 1.54) is 31.2 Å². The molecule has 4 nitrogen and oxygen atoms in total. The molecular formula is C31H44ClNO3. The van der Waals surface area contributed by atoms with Crippen LogP contribution < -0.4 is 4.90 Å². The molecule has 1 amide bonds. The number of benzene rings is 1. The lowest BCUT2D eigenvalue weighted by Gasteiger charge is -2.62. The van der Waals surface area contributed by atoms with Gasteiger partial charge in [-0.3, -0.25) is 4.79 Å². The first-order chi connectivity index (χ1) is 17.2. The van der Waals surface area contributed by atoms with Crippen LogP contribution in [0.2, 0.25) is 5.02 Å². The molecule has 8 unspecified atom stereocenters. The smallest absolute Gasteiger partial charge is 0.226 e. The molecule has 0 aromatic heterocycles. The number of aliphatic hydroxyl groups is 2. The predicted octanol–water partition coefficient (Wildman–Crippen LogP) is 6.39. The van der Waals surface area contributed by atoms with E-state index in [1.807, 2.05) is 23.1 Å². The number of carbonyl (C=O) groups is 1. The third-order valence-electron chi connectivity index (χ3n) is 12.0. The number of nitrogens with zero attached hydrogens (tertiary/aromatic N) is 1. The van der Waals surface area contributed by atoms with Gasteiger partial charge in [-0.15, -0.1) is 0 Å². The third-order valence-corrected chi connectivity index (χ3v) is 12.3. The predicted molar refractivity (Wildman–Crippen MR) is 144 cm³/mol. The van der Waals surface area contributed by atoms with Gasteiger partial charge in [0.15, 0.2) is 0 Å². The highest BCUT2D eigenvalue weighted by Crippen LogP contribution is 2.67. The van der Waals surface area contributed by atoms with E-state index in [0.29, 0.717) is 41.4 Å². The molecule has 0 spiro atoms. The third kappa shape index (κ3) is 3.96. The van der Waals surface area contributed by atoms with E-state index in [9.17, 15) is 15.0 Å². The van der Waals surface area contributed by atoms with Crippen LogP contribution in [-0.2, 0) is 11.2 Å². The Morgan fingerprint density at radius 2 is 1.83 bits per heavy atom. The second-order valence-electron chi connectivity index (χ2n) is 13.5. The summed E-state index contributed by atoms with van der Waals surface area (Å²) in [5, 5.41) is 22.5. The van der Waals surface area contributed by atoms with Gasteiger partial charge in [0.2, 0.25) is 5.91 Å². The first kappa shape index (κ1) is 25.2. The molecule has 36 heavy (non-hydrogen) atoms. The SMILES string of the molecule is CC12CCC3C(C(O)CC4C[C@H](O)CCC43C)C1CCC2CCCC(=O)N1CCc2cc(Cl)ccc21. The minimum atomic E-state index is -0.216. The first-order valence-electron chi connectivity index (χ1n) is 14.7. The summed E-state index contributed by atoms with van der Waals surface area (Å²) in [6, 6.07) is 5.88. The summed E-state index contributed by atoms with van der Waals surface area (Å²) >= 11 is 6.15. The lowest BCUT2D eigenvalue weighted by Crippen LogP contribution is -2.58. The second kappa shape index (κ2) is 9.27. The summed E-state index contributed by atoms with van der Waals surface area (Å²) in [5.74, 6) is 3.00. The van der Waals surface area contributed by atoms with E-state index in [0.717, 1.165) is 62.2 Å². The Morgan fingerprint density at radius 1 is 1.06 bits per heavy atom. The van der Waals surface area contributed by atoms with Crippen molar-refractivity contribution in [3.8, 4) is 0 Å². The first-order valence-corrected chi connectivity index (χ1v) is 15.0. The number of amides is 1. The number of hydrogen-bond acceptors (Lipinski definition) is 3. The van der Waals surface area contributed by atoms with Crippen LogP contribution in [0.25, 0.3) is 0 Å². The molecule has 1 aliphatic heterocycles. The van der Waals surface area contributed by atoms with E-state index in [2.05, 4.69) is 13.8 Å². The molecule has 9 atom stereocenters. The van der Waals surface area contributed by atoms with Crippen LogP contribution in [0.5, 0.6) is 0 Å². The highest BCUT2D eigenvalue weighted by atomic mass is 35.5. The van der Waals surface area contributed by atoms with Crippen molar-refractivity contribution in [1.29, 1.82) is 0 Å². The Hall–Kier alpha value is -1.10. The topological polar surface area (TPSA) is 60.8 Å². The average Bonchev–Trinajstić information content (AvgIpc) is 3.41. The lowest BCUT2D eigenvalue weighted by atomic mass is 9.44. The number of aliphatic hydroxyl groups excluding tert-OH is 2. The molecule has 1 aromatic carbocycles. The van der Waals surface area contributed by atoms with Crippen molar-refractivity contribution in [2.45, 2.75) is 103 Å². The van der Waals surface area contributed by atoms with Crippen LogP contribution in [0.15, 0.2) is 18.2 Å². The fraction of sp³-hybridized carbons (Fsp3) is 0.774. The Labute approximate surface area is 221 Å². The van der Waals surface area contributed by atoms with Crippen LogP contribution in [0, 0.1) is 40.4 Å². The van der Waals surface area contributed by atoms with Gasteiger partial charge in [0.05, 0.1) is 12.2 Å². The zero-order chi connectivity index (χ0) is 25.2.